The van der Waals surface area contributed by atoms with Crippen LogP contribution in [0.5, 0.6) is 0 Å². The first-order chi connectivity index (χ1) is 15.8. The molecule has 1 atom stereocenters. The number of halogens is 1. The normalized spacial score (nSPS) is 16.5. The predicted octanol–water partition coefficient (Wildman–Crippen LogP) is 4.27. The summed E-state index contributed by atoms with van der Waals surface area (Å²) in [6.07, 6.45) is 0.986. The van der Waals surface area contributed by atoms with Crippen LogP contribution in [0.15, 0.2) is 48.7 Å². The summed E-state index contributed by atoms with van der Waals surface area (Å²) in [7, 11) is 1.88. The standard InChI is InChI=1S/C24H22ClN5O3/c1-14-12-29(7-8-30(14)24(32)33)23(31)16-3-5-18-19(25)11-21(26-22(18)10-16)15-4-6-20-17(9-15)13-28(2)27-20/h3-6,9-11,13-14H,7-8,12H2,1-2H3,(H,32,33). The van der Waals surface area contributed by atoms with Gasteiger partial charge in [-0.2, -0.15) is 5.10 Å². The number of carboxylic acid groups (broad SMARTS) is 1. The number of benzene rings is 2. The van der Waals surface area contributed by atoms with E-state index in [1.165, 1.54) is 4.90 Å². The molecule has 1 saturated heterocycles. The van der Waals surface area contributed by atoms with Gasteiger partial charge in [0.15, 0.2) is 0 Å². The van der Waals surface area contributed by atoms with E-state index in [-0.39, 0.29) is 11.9 Å². The van der Waals surface area contributed by atoms with Crippen LogP contribution in [0.25, 0.3) is 33.1 Å². The van der Waals surface area contributed by atoms with Crippen molar-refractivity contribution in [1.82, 2.24) is 24.6 Å². The average Bonchev–Trinajstić information content (AvgIpc) is 3.17. The van der Waals surface area contributed by atoms with Crippen LogP contribution in [0, 0.1) is 0 Å². The lowest BCUT2D eigenvalue weighted by Crippen LogP contribution is -2.55. The summed E-state index contributed by atoms with van der Waals surface area (Å²) in [4.78, 5) is 32.3. The number of piperazine rings is 1. The van der Waals surface area contributed by atoms with Crippen LogP contribution in [0.2, 0.25) is 5.02 Å². The van der Waals surface area contributed by atoms with Crippen molar-refractivity contribution in [1.29, 1.82) is 0 Å². The van der Waals surface area contributed by atoms with Crippen LogP contribution < -0.4 is 0 Å². The zero-order chi connectivity index (χ0) is 23.3. The Bertz CT molecular complexity index is 1420. The summed E-state index contributed by atoms with van der Waals surface area (Å²) in [5, 5.41) is 16.0. The molecule has 0 aliphatic carbocycles. The monoisotopic (exact) mass is 463 g/mol. The number of hydrogen-bond acceptors (Lipinski definition) is 4. The van der Waals surface area contributed by atoms with Crippen LogP contribution in [-0.2, 0) is 7.05 Å². The van der Waals surface area contributed by atoms with Crippen LogP contribution >= 0.6 is 11.6 Å². The van der Waals surface area contributed by atoms with Gasteiger partial charge in [0.2, 0.25) is 0 Å². The zero-order valence-corrected chi connectivity index (χ0v) is 19.0. The summed E-state index contributed by atoms with van der Waals surface area (Å²) in [5.41, 5.74) is 3.66. The number of nitrogens with zero attached hydrogens (tertiary/aromatic N) is 5. The predicted molar refractivity (Wildman–Crippen MR) is 127 cm³/mol. The molecular formula is C24H22ClN5O3. The smallest absolute Gasteiger partial charge is 0.407 e. The Hall–Kier alpha value is -3.65. The van der Waals surface area contributed by atoms with Crippen molar-refractivity contribution in [2.75, 3.05) is 19.6 Å². The quantitative estimate of drug-likeness (QED) is 0.479. The minimum absolute atomic E-state index is 0.145. The van der Waals surface area contributed by atoms with E-state index in [4.69, 9.17) is 16.6 Å². The van der Waals surface area contributed by atoms with E-state index < -0.39 is 6.09 Å². The van der Waals surface area contributed by atoms with Gasteiger partial charge in [-0.1, -0.05) is 23.7 Å². The third-order valence-corrected chi connectivity index (χ3v) is 6.39. The fourth-order valence-electron chi connectivity index (χ4n) is 4.38. The fourth-order valence-corrected chi connectivity index (χ4v) is 4.65. The Balaban J connectivity index is 1.48. The van der Waals surface area contributed by atoms with Gasteiger partial charge >= 0.3 is 6.09 Å². The number of carbonyl (C=O) groups is 2. The minimum atomic E-state index is -0.962. The number of aryl methyl sites for hydroxylation is 1. The lowest BCUT2D eigenvalue weighted by molar-refractivity contribution is 0.0507. The van der Waals surface area contributed by atoms with E-state index in [9.17, 15) is 14.7 Å². The first-order valence-corrected chi connectivity index (χ1v) is 11.0. The van der Waals surface area contributed by atoms with Gasteiger partial charge in [-0.3, -0.25) is 9.48 Å². The van der Waals surface area contributed by atoms with E-state index in [1.54, 1.807) is 28.6 Å². The van der Waals surface area contributed by atoms with Crippen LogP contribution in [-0.4, -0.2) is 67.3 Å². The molecule has 5 rings (SSSR count). The summed E-state index contributed by atoms with van der Waals surface area (Å²) in [6, 6.07) is 12.8. The molecule has 2 amide bonds. The van der Waals surface area contributed by atoms with Crippen molar-refractivity contribution in [3.05, 3.63) is 59.2 Å². The highest BCUT2D eigenvalue weighted by molar-refractivity contribution is 6.35. The number of carbonyl (C=O) groups excluding carboxylic acids is 1. The lowest BCUT2D eigenvalue weighted by Gasteiger charge is -2.38. The van der Waals surface area contributed by atoms with Gasteiger partial charge in [-0.15, -0.1) is 0 Å². The highest BCUT2D eigenvalue weighted by atomic mass is 35.5. The average molecular weight is 464 g/mol. The Morgan fingerprint density at radius 1 is 1.09 bits per heavy atom. The molecule has 1 fully saturated rings. The molecule has 0 saturated carbocycles. The van der Waals surface area contributed by atoms with Gasteiger partial charge in [-0.25, -0.2) is 9.78 Å². The maximum Gasteiger partial charge on any atom is 0.407 e. The second-order valence-corrected chi connectivity index (χ2v) is 8.78. The zero-order valence-electron chi connectivity index (χ0n) is 18.2. The van der Waals surface area contributed by atoms with Crippen LogP contribution in [0.1, 0.15) is 17.3 Å². The first kappa shape index (κ1) is 21.2. The Morgan fingerprint density at radius 3 is 2.67 bits per heavy atom. The Kier molecular flexibility index (Phi) is 5.17. The van der Waals surface area contributed by atoms with E-state index in [0.717, 1.165) is 21.9 Å². The maximum absolute atomic E-state index is 13.1. The highest BCUT2D eigenvalue weighted by Crippen LogP contribution is 2.30. The molecule has 0 radical (unpaired) electrons. The Morgan fingerprint density at radius 2 is 1.91 bits per heavy atom. The largest absolute Gasteiger partial charge is 0.465 e. The molecule has 1 unspecified atom stereocenters. The molecule has 8 nitrogen and oxygen atoms in total. The van der Waals surface area contributed by atoms with Crippen molar-refractivity contribution in [3.63, 3.8) is 0 Å². The van der Waals surface area contributed by atoms with E-state index in [2.05, 4.69) is 5.10 Å². The second-order valence-electron chi connectivity index (χ2n) is 8.37. The number of aromatic nitrogens is 3. The van der Waals surface area contributed by atoms with E-state index >= 15 is 0 Å². The minimum Gasteiger partial charge on any atom is -0.465 e. The first-order valence-electron chi connectivity index (χ1n) is 10.6. The molecule has 168 valence electrons. The third kappa shape index (κ3) is 3.87. The SMILES string of the molecule is CC1CN(C(=O)c2ccc3c(Cl)cc(-c4ccc5nn(C)cc5c4)nc3c2)CCN1C(=O)O. The van der Waals surface area contributed by atoms with Gasteiger partial charge in [0.05, 0.1) is 21.7 Å². The van der Waals surface area contributed by atoms with Crippen molar-refractivity contribution in [3.8, 4) is 11.3 Å². The van der Waals surface area contributed by atoms with Gasteiger partial charge in [-0.05, 0) is 37.3 Å². The van der Waals surface area contributed by atoms with Crippen LogP contribution in [0.4, 0.5) is 4.79 Å². The highest BCUT2D eigenvalue weighted by Gasteiger charge is 2.30. The molecule has 3 heterocycles. The number of hydrogen-bond donors (Lipinski definition) is 1. The van der Waals surface area contributed by atoms with Crippen molar-refractivity contribution < 1.29 is 14.7 Å². The molecule has 0 spiro atoms. The number of pyridine rings is 1. The van der Waals surface area contributed by atoms with E-state index in [1.807, 2.05) is 43.6 Å². The van der Waals surface area contributed by atoms with Gasteiger partial charge in [0.25, 0.3) is 5.91 Å². The molecule has 1 aliphatic heterocycles. The second kappa shape index (κ2) is 8.04. The van der Waals surface area contributed by atoms with Crippen molar-refractivity contribution >= 4 is 45.4 Å². The van der Waals surface area contributed by atoms with Crippen LogP contribution in [0.3, 0.4) is 0 Å². The lowest BCUT2D eigenvalue weighted by atomic mass is 10.1. The van der Waals surface area contributed by atoms with Gasteiger partial charge < -0.3 is 14.9 Å². The summed E-state index contributed by atoms with van der Waals surface area (Å²) in [6.45, 7) is 2.80. The molecule has 1 N–H and O–H groups in total. The van der Waals surface area contributed by atoms with Gasteiger partial charge in [0, 0.05) is 60.8 Å². The summed E-state index contributed by atoms with van der Waals surface area (Å²) in [5.74, 6) is -0.145. The number of rotatable bonds is 2. The number of amides is 2. The molecule has 33 heavy (non-hydrogen) atoms. The van der Waals surface area contributed by atoms with E-state index in [0.29, 0.717) is 41.4 Å². The van der Waals surface area contributed by atoms with Crippen molar-refractivity contribution in [2.24, 2.45) is 7.05 Å². The molecule has 4 aromatic rings. The fraction of sp³-hybridized carbons (Fsp3) is 0.250. The molecule has 1 aliphatic rings. The maximum atomic E-state index is 13.1. The number of fused-ring (bicyclic) bond motifs is 2. The molecule has 9 heteroatoms. The molecule has 2 aromatic heterocycles. The van der Waals surface area contributed by atoms with Crippen molar-refractivity contribution in [2.45, 2.75) is 13.0 Å². The molecule has 0 bridgehead atoms. The molecular weight excluding hydrogens is 442 g/mol. The Labute approximate surface area is 195 Å². The molecule has 2 aromatic carbocycles. The summed E-state index contributed by atoms with van der Waals surface area (Å²) < 4.78 is 1.77. The third-order valence-electron chi connectivity index (χ3n) is 6.08. The summed E-state index contributed by atoms with van der Waals surface area (Å²) >= 11 is 6.57. The topological polar surface area (TPSA) is 91.6 Å². The van der Waals surface area contributed by atoms with Gasteiger partial charge in [0.1, 0.15) is 0 Å².